The summed E-state index contributed by atoms with van der Waals surface area (Å²) >= 11 is 6.02. The van der Waals surface area contributed by atoms with Crippen molar-refractivity contribution in [2.24, 2.45) is 0 Å². The molecule has 0 unspecified atom stereocenters. The lowest BCUT2D eigenvalue weighted by molar-refractivity contribution is 0.0936. The molecule has 2 aromatic carbocycles. The lowest BCUT2D eigenvalue weighted by Crippen LogP contribution is -2.27. The van der Waals surface area contributed by atoms with E-state index in [1.165, 1.54) is 5.56 Å². The molecule has 0 aromatic heterocycles. The number of benzene rings is 2. The summed E-state index contributed by atoms with van der Waals surface area (Å²) in [7, 11) is -0.918. The minimum absolute atomic E-state index is 0.0266. The summed E-state index contributed by atoms with van der Waals surface area (Å²) in [5, 5.41) is 3.83. The average Bonchev–Trinajstić information content (AvgIpc) is 2.89. The van der Waals surface area contributed by atoms with E-state index in [1.54, 1.807) is 12.3 Å². The fraction of sp³-hybridized carbons (Fsp3) is 0.278. The van der Waals surface area contributed by atoms with Crippen molar-refractivity contribution in [1.82, 2.24) is 5.32 Å². The second-order valence-corrected chi connectivity index (χ2v) is 7.70. The fourth-order valence-corrected chi connectivity index (χ4v) is 3.86. The van der Waals surface area contributed by atoms with Crippen molar-refractivity contribution in [3.63, 3.8) is 0 Å². The van der Waals surface area contributed by atoms with Crippen LogP contribution < -0.4 is 5.32 Å². The topological polar surface area (TPSA) is 46.2 Å². The highest BCUT2D eigenvalue weighted by Gasteiger charge is 2.24. The van der Waals surface area contributed by atoms with Gasteiger partial charge in [0.1, 0.15) is 0 Å². The highest BCUT2D eigenvalue weighted by molar-refractivity contribution is 7.83. The zero-order valence-corrected chi connectivity index (χ0v) is 14.4. The van der Waals surface area contributed by atoms with E-state index >= 15 is 0 Å². The van der Waals surface area contributed by atoms with Crippen LogP contribution in [0, 0.1) is 0 Å². The number of fused-ring (bicyclic) bond motifs is 1. The molecule has 0 saturated heterocycles. The number of carbonyl (C=O) groups excluding carboxylic acids is 1. The van der Waals surface area contributed by atoms with E-state index in [0.717, 1.165) is 29.0 Å². The van der Waals surface area contributed by atoms with Gasteiger partial charge >= 0.3 is 0 Å². The minimum Gasteiger partial charge on any atom is -0.345 e. The molecule has 2 atom stereocenters. The second kappa shape index (κ2) is 6.85. The summed E-state index contributed by atoms with van der Waals surface area (Å²) < 4.78 is 11.3. The third-order valence-electron chi connectivity index (χ3n) is 4.05. The fourth-order valence-electron chi connectivity index (χ4n) is 3.01. The molecule has 120 valence electrons. The van der Waals surface area contributed by atoms with E-state index in [0.29, 0.717) is 11.3 Å². The van der Waals surface area contributed by atoms with Gasteiger partial charge in [-0.05, 0) is 53.8 Å². The normalized spacial score (nSPS) is 17.6. The lowest BCUT2D eigenvalue weighted by Gasteiger charge is -2.14. The van der Waals surface area contributed by atoms with Crippen molar-refractivity contribution in [1.29, 1.82) is 0 Å². The number of rotatable bonds is 4. The van der Waals surface area contributed by atoms with Gasteiger partial charge in [-0.15, -0.1) is 0 Å². The molecule has 1 N–H and O–H groups in total. The Kier molecular flexibility index (Phi) is 4.83. The Morgan fingerprint density at radius 2 is 2.13 bits per heavy atom. The van der Waals surface area contributed by atoms with Crippen LogP contribution in [0.5, 0.6) is 0 Å². The molecule has 0 saturated carbocycles. The number of aryl methyl sites for hydroxylation is 1. The Bertz CT molecular complexity index is 775. The van der Waals surface area contributed by atoms with Crippen molar-refractivity contribution < 1.29 is 9.00 Å². The summed E-state index contributed by atoms with van der Waals surface area (Å²) in [5.41, 5.74) is 3.87. The Hall–Kier alpha value is -1.65. The van der Waals surface area contributed by atoms with Crippen LogP contribution in [0.3, 0.4) is 0 Å². The van der Waals surface area contributed by atoms with Gasteiger partial charge in [0, 0.05) is 33.4 Å². The second-order valence-electron chi connectivity index (χ2n) is 5.83. The number of carbonyl (C=O) groups is 1. The largest absolute Gasteiger partial charge is 0.345 e. The third-order valence-corrected chi connectivity index (χ3v) is 5.02. The lowest BCUT2D eigenvalue weighted by atomic mass is 10.1. The predicted octanol–water partition coefficient (Wildman–Crippen LogP) is 3.64. The molecule has 5 heteroatoms. The summed E-state index contributed by atoms with van der Waals surface area (Å²) in [4.78, 5) is 12.5. The molecule has 1 aliphatic carbocycles. The van der Waals surface area contributed by atoms with E-state index in [1.807, 2.05) is 36.4 Å². The van der Waals surface area contributed by atoms with Crippen molar-refractivity contribution in [3.05, 3.63) is 69.7 Å². The average molecular weight is 348 g/mol. The zero-order valence-electron chi connectivity index (χ0n) is 12.8. The molecule has 0 heterocycles. The smallest absolute Gasteiger partial charge is 0.251 e. The molecule has 0 fully saturated rings. The van der Waals surface area contributed by atoms with Crippen LogP contribution in [0.1, 0.15) is 39.5 Å². The van der Waals surface area contributed by atoms with Crippen LogP contribution in [-0.4, -0.2) is 16.4 Å². The first-order chi connectivity index (χ1) is 11.0. The van der Waals surface area contributed by atoms with Gasteiger partial charge in [0.2, 0.25) is 0 Å². The van der Waals surface area contributed by atoms with Crippen LogP contribution in [0.2, 0.25) is 5.02 Å². The minimum atomic E-state index is -0.918. The van der Waals surface area contributed by atoms with Gasteiger partial charge in [0.05, 0.1) is 6.04 Å². The number of nitrogens with one attached hydrogen (secondary N) is 1. The Balaban J connectivity index is 1.75. The standard InChI is InChI=1S/C18H18ClNO2S/c1-23(22)11-12-3-2-4-14(9-12)18(21)20-17-8-5-13-10-15(19)6-7-16(13)17/h2-4,6-7,9-10,17H,5,8,11H2,1H3,(H,20,21)/t17-,23+/m1/s1. The molecule has 0 aliphatic heterocycles. The zero-order chi connectivity index (χ0) is 16.4. The van der Waals surface area contributed by atoms with Gasteiger partial charge in [-0.3, -0.25) is 9.00 Å². The van der Waals surface area contributed by atoms with Crippen LogP contribution in [0.4, 0.5) is 0 Å². The molecule has 3 nitrogen and oxygen atoms in total. The number of amides is 1. The monoisotopic (exact) mass is 347 g/mol. The van der Waals surface area contributed by atoms with Crippen molar-refractivity contribution >= 4 is 28.3 Å². The summed E-state index contributed by atoms with van der Waals surface area (Å²) in [6.07, 6.45) is 3.48. The summed E-state index contributed by atoms with van der Waals surface area (Å²) in [6, 6.07) is 13.2. The molecule has 0 spiro atoms. The molecule has 3 rings (SSSR count). The van der Waals surface area contributed by atoms with Gasteiger partial charge in [0.25, 0.3) is 5.91 Å². The SMILES string of the molecule is C[S@](=O)Cc1cccc(C(=O)N[C@@H]2CCc3cc(Cl)ccc32)c1. The predicted molar refractivity (Wildman–Crippen MR) is 94.2 cm³/mol. The van der Waals surface area contributed by atoms with E-state index in [4.69, 9.17) is 11.6 Å². The first kappa shape index (κ1) is 16.2. The summed E-state index contributed by atoms with van der Waals surface area (Å²) in [6.45, 7) is 0. The molecule has 1 amide bonds. The maximum absolute atomic E-state index is 12.5. The Morgan fingerprint density at radius 3 is 2.91 bits per heavy atom. The van der Waals surface area contributed by atoms with E-state index in [2.05, 4.69) is 5.32 Å². The van der Waals surface area contributed by atoms with E-state index in [-0.39, 0.29) is 11.9 Å². The molecule has 23 heavy (non-hydrogen) atoms. The Morgan fingerprint density at radius 1 is 1.30 bits per heavy atom. The van der Waals surface area contributed by atoms with Gasteiger partial charge in [-0.1, -0.05) is 29.8 Å². The van der Waals surface area contributed by atoms with E-state index in [9.17, 15) is 9.00 Å². The van der Waals surface area contributed by atoms with E-state index < -0.39 is 10.8 Å². The maximum atomic E-state index is 12.5. The van der Waals surface area contributed by atoms with Gasteiger partial charge < -0.3 is 5.32 Å². The number of hydrogen-bond donors (Lipinski definition) is 1. The van der Waals surface area contributed by atoms with Gasteiger partial charge in [-0.2, -0.15) is 0 Å². The van der Waals surface area contributed by atoms with Crippen molar-refractivity contribution in [2.45, 2.75) is 24.6 Å². The van der Waals surface area contributed by atoms with Crippen LogP contribution in [0.25, 0.3) is 0 Å². The third kappa shape index (κ3) is 3.82. The summed E-state index contributed by atoms with van der Waals surface area (Å²) in [5.74, 6) is 0.368. The van der Waals surface area contributed by atoms with Crippen LogP contribution in [-0.2, 0) is 23.0 Å². The highest BCUT2D eigenvalue weighted by Crippen LogP contribution is 2.33. The molecule has 2 aromatic rings. The quantitative estimate of drug-likeness (QED) is 0.917. The molecule has 0 bridgehead atoms. The van der Waals surface area contributed by atoms with Crippen LogP contribution >= 0.6 is 11.6 Å². The Labute approximate surface area is 143 Å². The molecular formula is C18H18ClNO2S. The molecular weight excluding hydrogens is 330 g/mol. The number of halogens is 1. The number of hydrogen-bond acceptors (Lipinski definition) is 2. The molecule has 0 radical (unpaired) electrons. The maximum Gasteiger partial charge on any atom is 0.251 e. The van der Waals surface area contributed by atoms with Crippen LogP contribution in [0.15, 0.2) is 42.5 Å². The van der Waals surface area contributed by atoms with Crippen molar-refractivity contribution in [2.75, 3.05) is 6.26 Å². The van der Waals surface area contributed by atoms with Crippen molar-refractivity contribution in [3.8, 4) is 0 Å². The first-order valence-electron chi connectivity index (χ1n) is 7.51. The highest BCUT2D eigenvalue weighted by atomic mass is 35.5. The molecule has 1 aliphatic rings. The van der Waals surface area contributed by atoms with Gasteiger partial charge in [-0.25, -0.2) is 0 Å². The van der Waals surface area contributed by atoms with Gasteiger partial charge in [0.15, 0.2) is 0 Å². The first-order valence-corrected chi connectivity index (χ1v) is 9.61.